The van der Waals surface area contributed by atoms with Crippen LogP contribution in [0, 0.1) is 11.6 Å². The lowest BCUT2D eigenvalue weighted by molar-refractivity contribution is 0.0986. The second kappa shape index (κ2) is 8.13. The largest absolute Gasteiger partial charge is 0.322 e. The molecule has 0 unspecified atom stereocenters. The summed E-state index contributed by atoms with van der Waals surface area (Å²) >= 11 is 1.67. The molecule has 29 heavy (non-hydrogen) atoms. The van der Waals surface area contributed by atoms with Crippen LogP contribution in [0.5, 0.6) is 0 Å². The molecule has 3 aromatic rings. The van der Waals surface area contributed by atoms with E-state index >= 15 is 0 Å². The van der Waals surface area contributed by atoms with Crippen LogP contribution in [0.3, 0.4) is 0 Å². The van der Waals surface area contributed by atoms with E-state index in [1.165, 1.54) is 4.88 Å². The lowest BCUT2D eigenvalue weighted by atomic mass is 10.1. The number of amides is 2. The lowest BCUT2D eigenvalue weighted by Crippen LogP contribution is -2.31. The fourth-order valence-corrected chi connectivity index (χ4v) is 4.31. The van der Waals surface area contributed by atoms with Crippen molar-refractivity contribution in [3.8, 4) is 0 Å². The van der Waals surface area contributed by atoms with Crippen LogP contribution in [0.4, 0.5) is 20.2 Å². The summed E-state index contributed by atoms with van der Waals surface area (Å²) in [5.74, 6) is -2.35. The van der Waals surface area contributed by atoms with Crippen LogP contribution < -0.4 is 10.2 Å². The van der Waals surface area contributed by atoms with Crippen molar-refractivity contribution in [1.29, 1.82) is 0 Å². The smallest absolute Gasteiger partial charge is 0.258 e. The van der Waals surface area contributed by atoms with E-state index in [4.69, 9.17) is 0 Å². The first-order valence-electron chi connectivity index (χ1n) is 9.27. The molecule has 0 aliphatic carbocycles. The molecule has 1 N–H and O–H groups in total. The summed E-state index contributed by atoms with van der Waals surface area (Å²) in [6, 6.07) is 11.1. The number of halogens is 2. The van der Waals surface area contributed by atoms with Gasteiger partial charge in [-0.1, -0.05) is 0 Å². The van der Waals surface area contributed by atoms with E-state index in [-0.39, 0.29) is 11.5 Å². The number of nitrogens with zero attached hydrogens (tertiary/aromatic N) is 1. The van der Waals surface area contributed by atoms with E-state index in [1.807, 2.05) is 16.3 Å². The summed E-state index contributed by atoms with van der Waals surface area (Å²) in [7, 11) is 0. The third kappa shape index (κ3) is 4.19. The molecule has 0 saturated carbocycles. The highest BCUT2D eigenvalue weighted by Crippen LogP contribution is 2.32. The van der Waals surface area contributed by atoms with Crippen molar-refractivity contribution in [2.75, 3.05) is 16.8 Å². The Hall–Kier alpha value is -3.06. The highest BCUT2D eigenvalue weighted by atomic mass is 32.1. The average molecular weight is 412 g/mol. The van der Waals surface area contributed by atoms with Gasteiger partial charge < -0.3 is 10.2 Å². The molecule has 0 spiro atoms. The molecule has 4 nitrogen and oxygen atoms in total. The number of nitrogens with one attached hydrogen (secondary N) is 1. The van der Waals surface area contributed by atoms with Gasteiger partial charge in [0, 0.05) is 34.3 Å². The summed E-state index contributed by atoms with van der Waals surface area (Å²) < 4.78 is 26.6. The van der Waals surface area contributed by atoms with Crippen molar-refractivity contribution in [2.45, 2.75) is 19.3 Å². The normalized spacial score (nSPS) is 13.5. The van der Waals surface area contributed by atoms with E-state index in [0.717, 1.165) is 37.1 Å². The number of aryl methyl sites for hydroxylation is 1. The number of thiophene rings is 1. The Bertz CT molecular complexity index is 1040. The van der Waals surface area contributed by atoms with Gasteiger partial charge in [0.1, 0.15) is 11.6 Å². The van der Waals surface area contributed by atoms with Crippen LogP contribution in [-0.2, 0) is 6.42 Å². The molecule has 4 rings (SSSR count). The van der Waals surface area contributed by atoms with Crippen LogP contribution in [0.15, 0.2) is 53.9 Å². The van der Waals surface area contributed by atoms with Crippen molar-refractivity contribution in [3.63, 3.8) is 0 Å². The molecule has 148 valence electrons. The Kier molecular flexibility index (Phi) is 5.40. The van der Waals surface area contributed by atoms with Crippen molar-refractivity contribution in [1.82, 2.24) is 0 Å². The summed E-state index contributed by atoms with van der Waals surface area (Å²) in [4.78, 5) is 28.2. The van der Waals surface area contributed by atoms with Crippen LogP contribution in [0.1, 0.15) is 38.4 Å². The zero-order chi connectivity index (χ0) is 20.4. The third-order valence-electron chi connectivity index (χ3n) is 4.81. The van der Waals surface area contributed by atoms with Gasteiger partial charge in [-0.05, 0) is 67.1 Å². The maximum Gasteiger partial charge on any atom is 0.258 e. The molecular formula is C22H18F2N2O2S. The molecular weight excluding hydrogens is 394 g/mol. The van der Waals surface area contributed by atoms with E-state index < -0.39 is 17.5 Å². The summed E-state index contributed by atoms with van der Waals surface area (Å²) in [6.07, 6.45) is 3.00. The van der Waals surface area contributed by atoms with E-state index in [2.05, 4.69) is 5.32 Å². The number of carbonyl (C=O) groups excluding carboxylic acids is 2. The van der Waals surface area contributed by atoms with Gasteiger partial charge in [0.25, 0.3) is 11.8 Å². The first-order chi connectivity index (χ1) is 14.0. The minimum atomic E-state index is -0.818. The maximum absolute atomic E-state index is 13.3. The molecule has 0 bridgehead atoms. The van der Waals surface area contributed by atoms with Gasteiger partial charge in [-0.25, -0.2) is 8.78 Å². The first kappa shape index (κ1) is 19.3. The topological polar surface area (TPSA) is 49.4 Å². The summed E-state index contributed by atoms with van der Waals surface area (Å²) in [5.41, 5.74) is 1.81. The second-order valence-electron chi connectivity index (χ2n) is 6.83. The number of carbonyl (C=O) groups is 2. The van der Waals surface area contributed by atoms with Crippen molar-refractivity contribution >= 4 is 34.5 Å². The molecule has 7 heteroatoms. The van der Waals surface area contributed by atoms with Gasteiger partial charge >= 0.3 is 0 Å². The minimum Gasteiger partial charge on any atom is -0.322 e. The monoisotopic (exact) mass is 412 g/mol. The fourth-order valence-electron chi connectivity index (χ4n) is 3.39. The van der Waals surface area contributed by atoms with Crippen molar-refractivity contribution < 1.29 is 18.4 Å². The second-order valence-corrected chi connectivity index (χ2v) is 7.83. The van der Waals surface area contributed by atoms with E-state index in [0.29, 0.717) is 23.9 Å². The van der Waals surface area contributed by atoms with Crippen LogP contribution in [0.2, 0.25) is 0 Å². The molecule has 2 heterocycles. The molecule has 1 aliphatic rings. The predicted molar refractivity (Wildman–Crippen MR) is 110 cm³/mol. The average Bonchev–Trinajstić information content (AvgIpc) is 3.06. The summed E-state index contributed by atoms with van der Waals surface area (Å²) in [5, 5.41) is 4.59. The van der Waals surface area contributed by atoms with Gasteiger partial charge in [-0.3, -0.25) is 9.59 Å². The van der Waals surface area contributed by atoms with Gasteiger partial charge in [-0.2, -0.15) is 0 Å². The molecule has 1 aliphatic heterocycles. The Labute approximate surface area is 170 Å². The number of hydrogen-bond acceptors (Lipinski definition) is 3. The molecule has 1 aromatic heterocycles. The van der Waals surface area contributed by atoms with Gasteiger partial charge in [0.15, 0.2) is 0 Å². The third-order valence-corrected chi connectivity index (χ3v) is 5.78. The highest BCUT2D eigenvalue weighted by molar-refractivity contribution is 7.10. The van der Waals surface area contributed by atoms with Crippen LogP contribution >= 0.6 is 11.3 Å². The van der Waals surface area contributed by atoms with Gasteiger partial charge in [-0.15, -0.1) is 11.3 Å². The molecule has 0 fully saturated rings. The van der Waals surface area contributed by atoms with Gasteiger partial charge in [0.05, 0.1) is 5.69 Å². The zero-order valence-electron chi connectivity index (χ0n) is 15.5. The zero-order valence-corrected chi connectivity index (χ0v) is 16.3. The van der Waals surface area contributed by atoms with E-state index in [1.54, 1.807) is 35.6 Å². The maximum atomic E-state index is 13.3. The highest BCUT2D eigenvalue weighted by Gasteiger charge is 2.23. The number of fused-ring (bicyclic) bond motifs is 1. The predicted octanol–water partition coefficient (Wildman–Crippen LogP) is 5.26. The molecule has 2 aromatic carbocycles. The number of rotatable bonds is 3. The standard InChI is InChI=1S/C22H18F2N2O2S/c23-16-11-15(12-17(24)13-16)21(27)25-18-6-4-14(5-7-18)22(28)26-9-2-1-3-20-19(26)8-10-29-20/h4-8,10-13H,1-3,9H2,(H,25,27). The van der Waals surface area contributed by atoms with Gasteiger partial charge in [0.2, 0.25) is 0 Å². The Morgan fingerprint density at radius 1 is 0.931 bits per heavy atom. The van der Waals surface area contributed by atoms with Crippen molar-refractivity contribution in [2.24, 2.45) is 0 Å². The molecule has 0 radical (unpaired) electrons. The minimum absolute atomic E-state index is 0.0865. The summed E-state index contributed by atoms with van der Waals surface area (Å²) in [6.45, 7) is 0.673. The SMILES string of the molecule is O=C(Nc1ccc(C(=O)N2CCCCc3sccc32)cc1)c1cc(F)cc(F)c1. The number of benzene rings is 2. The molecule has 0 saturated heterocycles. The Balaban J connectivity index is 1.49. The molecule has 2 amide bonds. The number of anilines is 2. The first-order valence-corrected chi connectivity index (χ1v) is 10.1. The Morgan fingerprint density at radius 3 is 2.38 bits per heavy atom. The molecule has 0 atom stereocenters. The lowest BCUT2D eigenvalue weighted by Gasteiger charge is -2.21. The quantitative estimate of drug-likeness (QED) is 0.638. The van der Waals surface area contributed by atoms with Crippen LogP contribution in [0.25, 0.3) is 0 Å². The van der Waals surface area contributed by atoms with Crippen LogP contribution in [-0.4, -0.2) is 18.4 Å². The Morgan fingerprint density at radius 2 is 1.66 bits per heavy atom. The number of hydrogen-bond donors (Lipinski definition) is 1. The van der Waals surface area contributed by atoms with E-state index in [9.17, 15) is 18.4 Å². The van der Waals surface area contributed by atoms with Crippen molar-refractivity contribution in [3.05, 3.63) is 81.5 Å². The fraction of sp³-hybridized carbons (Fsp3) is 0.182.